The van der Waals surface area contributed by atoms with Crippen molar-refractivity contribution in [3.63, 3.8) is 0 Å². The van der Waals surface area contributed by atoms with Gasteiger partial charge in [-0.2, -0.15) is 0 Å². The largest absolute Gasteiger partial charge is 0.492 e. The van der Waals surface area contributed by atoms with Crippen LogP contribution in [0.15, 0.2) is 42.5 Å². The zero-order chi connectivity index (χ0) is 21.4. The zero-order valence-electron chi connectivity index (χ0n) is 17.6. The van der Waals surface area contributed by atoms with Gasteiger partial charge in [0, 0.05) is 26.2 Å². The molecule has 2 aliphatic rings. The lowest BCUT2D eigenvalue weighted by molar-refractivity contribution is -0.144. The van der Waals surface area contributed by atoms with E-state index in [4.69, 9.17) is 19.2 Å². The molecule has 1 amide bonds. The van der Waals surface area contributed by atoms with Crippen LogP contribution in [0.25, 0.3) is 10.2 Å². The summed E-state index contributed by atoms with van der Waals surface area (Å²) in [5, 5.41) is 0.966. The Morgan fingerprint density at radius 3 is 2.58 bits per heavy atom. The first-order valence-corrected chi connectivity index (χ1v) is 11.4. The van der Waals surface area contributed by atoms with Crippen molar-refractivity contribution in [1.82, 2.24) is 9.88 Å². The Morgan fingerprint density at radius 2 is 1.84 bits per heavy atom. The molecular formula is C23H25N3O4S. The Kier molecular flexibility index (Phi) is 5.31. The highest BCUT2D eigenvalue weighted by Crippen LogP contribution is 2.36. The lowest BCUT2D eigenvalue weighted by Crippen LogP contribution is -2.56. The lowest BCUT2D eigenvalue weighted by Gasteiger charge is -2.38. The first-order chi connectivity index (χ1) is 15.1. The molecule has 0 saturated carbocycles. The SMILES string of the molecule is CCOc1cccc2sc(N3CCN(C(=O)C4Oc5ccccc5OC4C)CC3)nc12. The van der Waals surface area contributed by atoms with Crippen LogP contribution in [-0.4, -0.2) is 60.8 Å². The molecule has 31 heavy (non-hydrogen) atoms. The molecule has 7 nitrogen and oxygen atoms in total. The van der Waals surface area contributed by atoms with E-state index in [2.05, 4.69) is 11.0 Å². The first-order valence-electron chi connectivity index (χ1n) is 10.6. The average molecular weight is 440 g/mol. The van der Waals surface area contributed by atoms with E-state index >= 15 is 0 Å². The fourth-order valence-electron chi connectivity index (χ4n) is 4.01. The number of thiazole rings is 1. The van der Waals surface area contributed by atoms with Crippen molar-refractivity contribution in [2.24, 2.45) is 0 Å². The van der Waals surface area contributed by atoms with Crippen LogP contribution in [0.5, 0.6) is 17.2 Å². The van der Waals surface area contributed by atoms with Crippen molar-refractivity contribution in [2.45, 2.75) is 26.1 Å². The van der Waals surface area contributed by atoms with Crippen molar-refractivity contribution in [2.75, 3.05) is 37.7 Å². The number of hydrogen-bond donors (Lipinski definition) is 0. The second kappa shape index (κ2) is 8.26. The minimum absolute atomic E-state index is 0.0235. The number of ether oxygens (including phenoxy) is 3. The smallest absolute Gasteiger partial charge is 0.267 e. The summed E-state index contributed by atoms with van der Waals surface area (Å²) in [4.78, 5) is 22.1. The van der Waals surface area contributed by atoms with Crippen molar-refractivity contribution in [3.8, 4) is 17.2 Å². The molecule has 0 N–H and O–H groups in total. The van der Waals surface area contributed by atoms with E-state index in [1.807, 2.05) is 55.1 Å². The minimum atomic E-state index is -0.627. The Labute approximate surface area is 185 Å². The highest BCUT2D eigenvalue weighted by Gasteiger charge is 2.37. The molecule has 8 heteroatoms. The summed E-state index contributed by atoms with van der Waals surface area (Å²) in [5.74, 6) is 2.10. The molecule has 0 spiro atoms. The summed E-state index contributed by atoms with van der Waals surface area (Å²) in [5.41, 5.74) is 0.906. The molecule has 3 aromatic rings. The van der Waals surface area contributed by atoms with Gasteiger partial charge in [-0.15, -0.1) is 0 Å². The quantitative estimate of drug-likeness (QED) is 0.619. The van der Waals surface area contributed by atoms with Gasteiger partial charge >= 0.3 is 0 Å². The van der Waals surface area contributed by atoms with Crippen LogP contribution < -0.4 is 19.1 Å². The predicted octanol–water partition coefficient (Wildman–Crippen LogP) is 3.57. The highest BCUT2D eigenvalue weighted by atomic mass is 32.1. The molecule has 3 heterocycles. The number of benzene rings is 2. The highest BCUT2D eigenvalue weighted by molar-refractivity contribution is 7.22. The van der Waals surface area contributed by atoms with Crippen molar-refractivity contribution in [3.05, 3.63) is 42.5 Å². The van der Waals surface area contributed by atoms with E-state index in [0.717, 1.165) is 34.2 Å². The topological polar surface area (TPSA) is 64.1 Å². The Balaban J connectivity index is 1.26. The van der Waals surface area contributed by atoms with Gasteiger partial charge in [0.2, 0.25) is 6.10 Å². The summed E-state index contributed by atoms with van der Waals surface area (Å²) in [6.07, 6.45) is -0.959. The molecule has 2 atom stereocenters. The number of fused-ring (bicyclic) bond motifs is 2. The zero-order valence-corrected chi connectivity index (χ0v) is 18.4. The number of piperazine rings is 1. The van der Waals surface area contributed by atoms with Gasteiger partial charge < -0.3 is 24.0 Å². The number of anilines is 1. The second-order valence-electron chi connectivity index (χ2n) is 7.65. The van der Waals surface area contributed by atoms with Crippen molar-refractivity contribution < 1.29 is 19.0 Å². The fraction of sp³-hybridized carbons (Fsp3) is 0.391. The Morgan fingerprint density at radius 1 is 1.10 bits per heavy atom. The van der Waals surface area contributed by atoms with Crippen LogP contribution >= 0.6 is 11.3 Å². The first kappa shape index (κ1) is 19.9. The second-order valence-corrected chi connectivity index (χ2v) is 8.66. The van der Waals surface area contributed by atoms with E-state index in [1.54, 1.807) is 11.3 Å². The van der Waals surface area contributed by atoms with Gasteiger partial charge in [-0.3, -0.25) is 4.79 Å². The van der Waals surface area contributed by atoms with Gasteiger partial charge in [0.1, 0.15) is 17.4 Å². The molecule has 2 aliphatic heterocycles. The lowest BCUT2D eigenvalue weighted by atomic mass is 10.1. The van der Waals surface area contributed by atoms with E-state index < -0.39 is 6.10 Å². The third-order valence-corrected chi connectivity index (χ3v) is 6.70. The predicted molar refractivity (Wildman–Crippen MR) is 121 cm³/mol. The molecule has 0 aliphatic carbocycles. The van der Waals surface area contributed by atoms with Crippen LogP contribution in [0.2, 0.25) is 0 Å². The van der Waals surface area contributed by atoms with Gasteiger partial charge in [-0.25, -0.2) is 4.98 Å². The maximum Gasteiger partial charge on any atom is 0.267 e. The Hall–Kier alpha value is -3.00. The summed E-state index contributed by atoms with van der Waals surface area (Å²) in [6, 6.07) is 13.5. The monoisotopic (exact) mass is 439 g/mol. The van der Waals surface area contributed by atoms with Crippen LogP contribution in [-0.2, 0) is 4.79 Å². The summed E-state index contributed by atoms with van der Waals surface area (Å²) >= 11 is 1.66. The third-order valence-electron chi connectivity index (χ3n) is 5.62. The van der Waals surface area contributed by atoms with Crippen LogP contribution in [0, 0.1) is 0 Å². The van der Waals surface area contributed by atoms with Gasteiger partial charge in [-0.05, 0) is 38.1 Å². The van der Waals surface area contributed by atoms with Gasteiger partial charge in [-0.1, -0.05) is 29.5 Å². The molecule has 1 aromatic heterocycles. The number of carbonyl (C=O) groups is 1. The molecular weight excluding hydrogens is 414 g/mol. The van der Waals surface area contributed by atoms with E-state index in [9.17, 15) is 4.79 Å². The maximum atomic E-state index is 13.1. The van der Waals surface area contributed by atoms with Crippen LogP contribution in [0.4, 0.5) is 5.13 Å². The van der Waals surface area contributed by atoms with Gasteiger partial charge in [0.15, 0.2) is 16.6 Å². The summed E-state index contributed by atoms with van der Waals surface area (Å²) < 4.78 is 18.7. The fourth-order valence-corrected chi connectivity index (χ4v) is 5.04. The maximum absolute atomic E-state index is 13.1. The molecule has 1 fully saturated rings. The van der Waals surface area contributed by atoms with E-state index in [-0.39, 0.29) is 12.0 Å². The summed E-state index contributed by atoms with van der Waals surface area (Å²) in [6.45, 7) is 7.18. The van der Waals surface area contributed by atoms with E-state index in [1.165, 1.54) is 0 Å². The molecule has 2 unspecified atom stereocenters. The average Bonchev–Trinajstić information content (AvgIpc) is 3.24. The molecule has 0 bridgehead atoms. The van der Waals surface area contributed by atoms with Crippen molar-refractivity contribution in [1.29, 1.82) is 0 Å². The normalized spacial score (nSPS) is 20.7. The molecule has 5 rings (SSSR count). The number of hydrogen-bond acceptors (Lipinski definition) is 7. The number of amides is 1. The number of rotatable bonds is 4. The van der Waals surface area contributed by atoms with Crippen molar-refractivity contribution >= 4 is 32.6 Å². The van der Waals surface area contributed by atoms with Gasteiger partial charge in [0.05, 0.1) is 11.3 Å². The minimum Gasteiger partial charge on any atom is -0.492 e. The molecule has 2 aromatic carbocycles. The summed E-state index contributed by atoms with van der Waals surface area (Å²) in [7, 11) is 0. The van der Waals surface area contributed by atoms with Gasteiger partial charge in [0.25, 0.3) is 5.91 Å². The third kappa shape index (κ3) is 3.76. The number of para-hydroxylation sites is 3. The van der Waals surface area contributed by atoms with Crippen LogP contribution in [0.1, 0.15) is 13.8 Å². The molecule has 0 radical (unpaired) electrons. The van der Waals surface area contributed by atoms with Crippen LogP contribution in [0.3, 0.4) is 0 Å². The number of carbonyl (C=O) groups excluding carboxylic acids is 1. The standard InChI is InChI=1S/C23H25N3O4S/c1-3-28-18-9-6-10-19-20(18)24-23(31-19)26-13-11-25(12-14-26)22(27)21-15(2)29-16-7-4-5-8-17(16)30-21/h4-10,15,21H,3,11-14H2,1-2H3. The van der Waals surface area contributed by atoms with E-state index in [0.29, 0.717) is 31.2 Å². The number of nitrogens with zero attached hydrogens (tertiary/aromatic N) is 3. The Bertz CT molecular complexity index is 1090. The number of aromatic nitrogens is 1. The molecule has 162 valence electrons. The molecule has 1 saturated heterocycles.